The Bertz CT molecular complexity index is 224. The number of rotatable bonds is 4. The highest BCUT2D eigenvalue weighted by Crippen LogP contribution is 2.22. The van der Waals surface area contributed by atoms with Crippen LogP contribution in [0.3, 0.4) is 0 Å². The number of hydrogen-bond donors (Lipinski definition) is 1. The van der Waals surface area contributed by atoms with Crippen LogP contribution in [0.5, 0.6) is 0 Å². The summed E-state index contributed by atoms with van der Waals surface area (Å²) in [4.78, 5) is 0. The molecule has 0 aromatic heterocycles. The van der Waals surface area contributed by atoms with Gasteiger partial charge in [0.1, 0.15) is 0 Å². The van der Waals surface area contributed by atoms with Gasteiger partial charge in [-0.15, -0.1) is 0 Å². The summed E-state index contributed by atoms with van der Waals surface area (Å²) in [5.74, 6) is 0. The Hall–Kier alpha value is -1.00. The molecule has 4 nitrogen and oxygen atoms in total. The molecule has 0 aromatic carbocycles. The van der Waals surface area contributed by atoms with Crippen LogP contribution in [0.4, 0.5) is 26.3 Å². The summed E-state index contributed by atoms with van der Waals surface area (Å²) in [6, 6.07) is 0. The molecule has 0 saturated heterocycles. The van der Waals surface area contributed by atoms with Gasteiger partial charge >= 0.3 is 12.4 Å². The summed E-state index contributed by atoms with van der Waals surface area (Å²) in [7, 11) is 4.49. The van der Waals surface area contributed by atoms with Gasteiger partial charge in [0.25, 0.3) is 0 Å². The van der Waals surface area contributed by atoms with Gasteiger partial charge < -0.3 is 19.3 Å². The van der Waals surface area contributed by atoms with Crippen molar-refractivity contribution < 1.29 is 45.7 Å². The molecule has 21 heavy (non-hydrogen) atoms. The third-order valence-corrected chi connectivity index (χ3v) is 1.32. The third-order valence-electron chi connectivity index (χ3n) is 1.32. The van der Waals surface area contributed by atoms with E-state index in [1.165, 1.54) is 14.2 Å². The number of aliphatic hydroxyl groups is 1. The molecule has 0 fully saturated rings. The Labute approximate surface area is 120 Å². The van der Waals surface area contributed by atoms with Gasteiger partial charge in [-0.2, -0.15) is 26.3 Å². The summed E-state index contributed by atoms with van der Waals surface area (Å²) in [6.45, 7) is 0. The monoisotopic (exact) mass is 332 g/mol. The number of hydrogen-bond acceptors (Lipinski definition) is 4. The van der Waals surface area contributed by atoms with E-state index in [0.29, 0.717) is 6.26 Å². The van der Waals surface area contributed by atoms with Gasteiger partial charge in [-0.1, -0.05) is 7.43 Å². The lowest BCUT2D eigenvalue weighted by Crippen LogP contribution is -2.22. The smallest absolute Gasteiger partial charge is 0.412 e. The van der Waals surface area contributed by atoms with E-state index in [-0.39, 0.29) is 13.5 Å². The molecular weight excluding hydrogens is 310 g/mol. The second-order valence-corrected chi connectivity index (χ2v) is 2.80. The van der Waals surface area contributed by atoms with E-state index in [4.69, 9.17) is 5.11 Å². The molecule has 0 saturated carbocycles. The van der Waals surface area contributed by atoms with Crippen molar-refractivity contribution in [3.63, 3.8) is 0 Å². The van der Waals surface area contributed by atoms with Crippen LogP contribution in [0.25, 0.3) is 0 Å². The third kappa shape index (κ3) is 32.5. The summed E-state index contributed by atoms with van der Waals surface area (Å²) < 4.78 is 80.5. The van der Waals surface area contributed by atoms with Crippen LogP contribution in [-0.4, -0.2) is 52.2 Å². The molecule has 0 amide bonds. The lowest BCUT2D eigenvalue weighted by Gasteiger charge is -2.14. The maximum Gasteiger partial charge on any atom is 0.412 e. The maximum atomic E-state index is 11.5. The second-order valence-electron chi connectivity index (χ2n) is 2.80. The fourth-order valence-electron chi connectivity index (χ4n) is 0.597. The Morgan fingerprint density at radius 2 is 1.33 bits per heavy atom. The van der Waals surface area contributed by atoms with E-state index in [1.807, 2.05) is 0 Å². The molecule has 0 radical (unpaired) electrons. The molecule has 0 bridgehead atoms. The van der Waals surface area contributed by atoms with E-state index in [2.05, 4.69) is 14.2 Å². The van der Waals surface area contributed by atoms with E-state index in [0.717, 1.165) is 14.2 Å². The molecule has 0 unspecified atom stereocenters. The van der Waals surface area contributed by atoms with Gasteiger partial charge in [-0.05, 0) is 0 Å². The molecule has 132 valence electrons. The van der Waals surface area contributed by atoms with Gasteiger partial charge in [0, 0.05) is 21.3 Å². The first-order valence-corrected chi connectivity index (χ1v) is 4.90. The zero-order valence-corrected chi connectivity index (χ0v) is 11.4. The van der Waals surface area contributed by atoms with E-state index < -0.39 is 25.1 Å². The van der Waals surface area contributed by atoms with Crippen LogP contribution < -0.4 is 0 Å². The molecular formula is C11H22F6O4. The van der Waals surface area contributed by atoms with Crippen LogP contribution in [0.2, 0.25) is 0 Å². The first-order valence-electron chi connectivity index (χ1n) is 4.90. The number of ether oxygens (including phenoxy) is 3. The Morgan fingerprint density at radius 1 is 0.952 bits per heavy atom. The van der Waals surface area contributed by atoms with Gasteiger partial charge in [-0.25, -0.2) is 0 Å². The van der Waals surface area contributed by atoms with E-state index in [1.54, 1.807) is 0 Å². The van der Waals surface area contributed by atoms with Gasteiger partial charge in [0.15, 0.2) is 6.29 Å². The minimum Gasteiger partial charge on any atom is -0.504 e. The molecule has 1 N–H and O–H groups in total. The number of halogens is 6. The summed E-state index contributed by atoms with van der Waals surface area (Å²) >= 11 is 0. The topological polar surface area (TPSA) is 47.9 Å². The highest BCUT2D eigenvalue weighted by Gasteiger charge is 2.31. The van der Waals surface area contributed by atoms with E-state index in [9.17, 15) is 26.3 Å². The van der Waals surface area contributed by atoms with Crippen LogP contribution in [0.1, 0.15) is 13.8 Å². The molecule has 0 aliphatic heterocycles. The van der Waals surface area contributed by atoms with Crippen molar-refractivity contribution in [3.05, 3.63) is 12.3 Å². The molecule has 0 heterocycles. The molecule has 0 aromatic rings. The number of aliphatic hydroxyl groups excluding tert-OH is 1. The summed E-state index contributed by atoms with van der Waals surface area (Å²) in [5.41, 5.74) is 0. The van der Waals surface area contributed by atoms with Crippen molar-refractivity contribution in [1.29, 1.82) is 0 Å². The molecule has 0 aliphatic carbocycles. The molecule has 10 heteroatoms. The van der Waals surface area contributed by atoms with Gasteiger partial charge in [-0.3, -0.25) is 0 Å². The van der Waals surface area contributed by atoms with Crippen LogP contribution >= 0.6 is 0 Å². The van der Waals surface area contributed by atoms with Crippen molar-refractivity contribution in [3.8, 4) is 0 Å². The molecule has 0 aliphatic rings. The lowest BCUT2D eigenvalue weighted by atomic mass is 10.4. The SMILES string of the molecule is C.CO.CO/C=C/C(F)(F)F.COC(CC(F)(F)F)OC. The fourth-order valence-corrected chi connectivity index (χ4v) is 0.597. The zero-order valence-electron chi connectivity index (χ0n) is 11.4. The van der Waals surface area contributed by atoms with Gasteiger partial charge in [0.05, 0.1) is 25.9 Å². The summed E-state index contributed by atoms with van der Waals surface area (Å²) in [5, 5.41) is 7.00. The van der Waals surface area contributed by atoms with Crippen molar-refractivity contribution in [2.24, 2.45) is 0 Å². The zero-order chi connectivity index (χ0) is 16.8. The average Bonchev–Trinajstić information content (AvgIpc) is 2.34. The number of allylic oxidation sites excluding steroid dienone is 1. The maximum absolute atomic E-state index is 11.5. The Balaban J connectivity index is -0.000000120. The molecule has 0 spiro atoms. The Morgan fingerprint density at radius 3 is 1.43 bits per heavy atom. The predicted octanol–water partition coefficient (Wildman–Crippen LogP) is 3.51. The van der Waals surface area contributed by atoms with Crippen LogP contribution in [0.15, 0.2) is 12.3 Å². The number of alkyl halides is 6. The number of methoxy groups -OCH3 is 3. The average molecular weight is 332 g/mol. The fraction of sp³-hybridized carbons (Fsp3) is 0.818. The first-order chi connectivity index (χ1) is 9.05. The molecule has 0 atom stereocenters. The minimum absolute atomic E-state index is 0. The largest absolute Gasteiger partial charge is 0.504 e. The lowest BCUT2D eigenvalue weighted by molar-refractivity contribution is -0.205. The predicted molar refractivity (Wildman–Crippen MR) is 65.6 cm³/mol. The quantitative estimate of drug-likeness (QED) is 0.486. The van der Waals surface area contributed by atoms with Crippen molar-refractivity contribution in [2.75, 3.05) is 28.4 Å². The van der Waals surface area contributed by atoms with Crippen molar-refractivity contribution in [2.45, 2.75) is 32.5 Å². The minimum atomic E-state index is -4.25. The Kier molecular flexibility index (Phi) is 20.7. The van der Waals surface area contributed by atoms with Crippen LogP contribution in [0, 0.1) is 0 Å². The highest BCUT2D eigenvalue weighted by molar-refractivity contribution is 4.81. The molecule has 0 rings (SSSR count). The first kappa shape index (κ1) is 28.2. The van der Waals surface area contributed by atoms with Gasteiger partial charge in [0.2, 0.25) is 0 Å². The van der Waals surface area contributed by atoms with Crippen molar-refractivity contribution >= 4 is 0 Å². The normalized spacial score (nSPS) is 11.0. The summed E-state index contributed by atoms with van der Waals surface area (Å²) in [6.07, 6.45) is -10.1. The second kappa shape index (κ2) is 15.4. The van der Waals surface area contributed by atoms with E-state index >= 15 is 0 Å². The van der Waals surface area contributed by atoms with Crippen molar-refractivity contribution in [1.82, 2.24) is 0 Å². The standard InChI is InChI=1S/C5H9F3O2.C4H5F3O.CH4O.CH4/c1-9-4(10-2)3-5(6,7)8;1-8-3-2-4(5,6)7;1-2;/h4H,3H2,1-2H3;2-3H,1H3;2H,1H3;1H4/b;3-2+;;. The van der Waals surface area contributed by atoms with Crippen LogP contribution in [-0.2, 0) is 14.2 Å². The highest BCUT2D eigenvalue weighted by atomic mass is 19.4.